The maximum absolute atomic E-state index is 12.3. The molecule has 1 aromatic rings. The molecule has 2 rings (SSSR count). The van der Waals surface area contributed by atoms with Crippen LogP contribution in [-0.2, 0) is 4.79 Å². The third-order valence-corrected chi connectivity index (χ3v) is 4.19. The fourth-order valence-electron chi connectivity index (χ4n) is 2.96. The quantitative estimate of drug-likeness (QED) is 0.828. The van der Waals surface area contributed by atoms with Crippen LogP contribution in [-0.4, -0.2) is 54.1 Å². The maximum atomic E-state index is 12.3. The lowest BCUT2D eigenvalue weighted by Crippen LogP contribution is -2.41. The number of carbonyl (C=O) groups excluding carboxylic acids is 1. The van der Waals surface area contributed by atoms with Crippen LogP contribution in [0.3, 0.4) is 0 Å². The summed E-state index contributed by atoms with van der Waals surface area (Å²) in [5.74, 6) is 0.789. The number of hydrogen-bond donors (Lipinski definition) is 1. The van der Waals surface area contributed by atoms with Gasteiger partial charge in [0.05, 0.1) is 26.8 Å². The summed E-state index contributed by atoms with van der Waals surface area (Å²) in [6.07, 6.45) is 6.14. The van der Waals surface area contributed by atoms with E-state index in [-0.39, 0.29) is 11.9 Å². The van der Waals surface area contributed by atoms with Crippen LogP contribution in [0.4, 0.5) is 5.95 Å². The van der Waals surface area contributed by atoms with E-state index in [9.17, 15) is 4.79 Å². The first-order valence-electron chi connectivity index (χ1n) is 8.17. The van der Waals surface area contributed by atoms with Crippen molar-refractivity contribution < 1.29 is 14.3 Å². The molecule has 1 amide bonds. The fourth-order valence-corrected chi connectivity index (χ4v) is 2.96. The van der Waals surface area contributed by atoms with E-state index < -0.39 is 0 Å². The molecule has 7 nitrogen and oxygen atoms in total. The average Bonchev–Trinajstić information content (AvgIpc) is 2.59. The van der Waals surface area contributed by atoms with Gasteiger partial charge < -0.3 is 9.47 Å². The van der Waals surface area contributed by atoms with Crippen molar-refractivity contribution in [1.29, 1.82) is 0 Å². The molecule has 0 aliphatic heterocycles. The Kier molecular flexibility index (Phi) is 6.58. The van der Waals surface area contributed by atoms with Gasteiger partial charge in [-0.15, -0.1) is 0 Å². The van der Waals surface area contributed by atoms with Crippen LogP contribution in [0, 0.1) is 0 Å². The lowest BCUT2D eigenvalue weighted by atomic mass is 9.94. The highest BCUT2D eigenvalue weighted by Gasteiger charge is 2.22. The van der Waals surface area contributed by atoms with Crippen LogP contribution in [0.1, 0.15) is 39.0 Å². The molecule has 128 valence electrons. The molecule has 1 aliphatic carbocycles. The molecule has 1 fully saturated rings. The van der Waals surface area contributed by atoms with Gasteiger partial charge in [-0.1, -0.05) is 26.2 Å². The van der Waals surface area contributed by atoms with E-state index in [2.05, 4.69) is 27.1 Å². The molecule has 0 spiro atoms. The Morgan fingerprint density at radius 1 is 1.22 bits per heavy atom. The highest BCUT2D eigenvalue weighted by atomic mass is 16.5. The van der Waals surface area contributed by atoms with E-state index in [1.165, 1.54) is 46.3 Å². The molecule has 0 unspecified atom stereocenters. The molecule has 0 atom stereocenters. The van der Waals surface area contributed by atoms with Gasteiger partial charge in [0.15, 0.2) is 0 Å². The van der Waals surface area contributed by atoms with E-state index in [4.69, 9.17) is 9.47 Å². The number of amides is 1. The van der Waals surface area contributed by atoms with Crippen LogP contribution in [0.15, 0.2) is 6.07 Å². The number of aromatic nitrogens is 2. The Labute approximate surface area is 137 Å². The number of nitrogens with zero attached hydrogens (tertiary/aromatic N) is 3. The molecular formula is C16H26N4O3. The number of anilines is 1. The third kappa shape index (κ3) is 5.06. The van der Waals surface area contributed by atoms with Crippen molar-refractivity contribution in [1.82, 2.24) is 14.9 Å². The van der Waals surface area contributed by atoms with E-state index >= 15 is 0 Å². The lowest BCUT2D eigenvalue weighted by molar-refractivity contribution is -0.118. The van der Waals surface area contributed by atoms with Gasteiger partial charge in [0.25, 0.3) is 0 Å². The molecular weight excluding hydrogens is 296 g/mol. The van der Waals surface area contributed by atoms with Crippen molar-refractivity contribution in [3.8, 4) is 11.8 Å². The molecule has 1 saturated carbocycles. The summed E-state index contributed by atoms with van der Waals surface area (Å²) in [7, 11) is 3.02. The molecule has 1 heterocycles. The third-order valence-electron chi connectivity index (χ3n) is 4.19. The fraction of sp³-hybridized carbons (Fsp3) is 0.688. The molecule has 23 heavy (non-hydrogen) atoms. The molecule has 0 radical (unpaired) electrons. The molecule has 1 aromatic heterocycles. The molecule has 1 N–H and O–H groups in total. The van der Waals surface area contributed by atoms with Gasteiger partial charge >= 0.3 is 0 Å². The monoisotopic (exact) mass is 322 g/mol. The minimum absolute atomic E-state index is 0.118. The predicted molar refractivity (Wildman–Crippen MR) is 87.9 cm³/mol. The highest BCUT2D eigenvalue weighted by Crippen LogP contribution is 2.22. The normalized spacial score (nSPS) is 15.5. The minimum Gasteiger partial charge on any atom is -0.481 e. The topological polar surface area (TPSA) is 76.6 Å². The molecule has 7 heteroatoms. The molecule has 1 aliphatic rings. The first-order valence-corrected chi connectivity index (χ1v) is 8.17. The first-order chi connectivity index (χ1) is 11.2. The number of carbonyl (C=O) groups is 1. The van der Waals surface area contributed by atoms with E-state index in [0.717, 1.165) is 6.54 Å². The zero-order valence-electron chi connectivity index (χ0n) is 14.2. The lowest BCUT2D eigenvalue weighted by Gasteiger charge is -2.32. The predicted octanol–water partition coefficient (Wildman–Crippen LogP) is 2.09. The Morgan fingerprint density at radius 3 is 2.35 bits per heavy atom. The van der Waals surface area contributed by atoms with E-state index in [1.807, 2.05) is 0 Å². The minimum atomic E-state index is -0.118. The SMILES string of the molecule is CCN(CC(=O)Nc1nc(OC)cc(OC)n1)C1CCCCC1. The summed E-state index contributed by atoms with van der Waals surface area (Å²) in [5, 5.41) is 2.73. The van der Waals surface area contributed by atoms with Crippen LogP contribution in [0.25, 0.3) is 0 Å². The summed E-state index contributed by atoms with van der Waals surface area (Å²) in [4.78, 5) is 22.8. The van der Waals surface area contributed by atoms with Crippen LogP contribution in [0.2, 0.25) is 0 Å². The van der Waals surface area contributed by atoms with Crippen LogP contribution < -0.4 is 14.8 Å². The highest BCUT2D eigenvalue weighted by molar-refractivity contribution is 5.90. The van der Waals surface area contributed by atoms with E-state index in [1.54, 1.807) is 6.07 Å². The van der Waals surface area contributed by atoms with Crippen LogP contribution >= 0.6 is 0 Å². The van der Waals surface area contributed by atoms with E-state index in [0.29, 0.717) is 24.3 Å². The zero-order chi connectivity index (χ0) is 16.7. The van der Waals surface area contributed by atoms with Gasteiger partial charge in [-0.3, -0.25) is 15.0 Å². The smallest absolute Gasteiger partial charge is 0.240 e. The first kappa shape index (κ1) is 17.5. The van der Waals surface area contributed by atoms with Gasteiger partial charge in [-0.05, 0) is 19.4 Å². The summed E-state index contributed by atoms with van der Waals surface area (Å²) in [6, 6.07) is 2.07. The van der Waals surface area contributed by atoms with Crippen molar-refractivity contribution in [3.05, 3.63) is 6.07 Å². The molecule has 0 bridgehead atoms. The number of likely N-dealkylation sites (N-methyl/N-ethyl adjacent to an activating group) is 1. The summed E-state index contributed by atoms with van der Waals surface area (Å²) < 4.78 is 10.2. The average molecular weight is 322 g/mol. The second-order valence-corrected chi connectivity index (χ2v) is 5.68. The molecule has 0 aromatic carbocycles. The van der Waals surface area contributed by atoms with Crippen molar-refractivity contribution in [3.63, 3.8) is 0 Å². The Bertz CT molecular complexity index is 496. The second-order valence-electron chi connectivity index (χ2n) is 5.68. The van der Waals surface area contributed by atoms with Gasteiger partial charge in [0.1, 0.15) is 0 Å². The molecule has 0 saturated heterocycles. The summed E-state index contributed by atoms with van der Waals surface area (Å²) in [6.45, 7) is 3.30. The standard InChI is InChI=1S/C16H26N4O3/c1-4-20(12-8-6-5-7-9-12)11-13(21)17-16-18-14(22-2)10-15(19-16)23-3/h10,12H,4-9,11H2,1-3H3,(H,17,18,19,21). The van der Waals surface area contributed by atoms with Gasteiger partial charge in [-0.25, -0.2) is 0 Å². The number of methoxy groups -OCH3 is 2. The second kappa shape index (κ2) is 8.67. The van der Waals surface area contributed by atoms with Crippen molar-refractivity contribution in [2.24, 2.45) is 0 Å². The summed E-state index contributed by atoms with van der Waals surface area (Å²) in [5.41, 5.74) is 0. The van der Waals surface area contributed by atoms with Gasteiger partial charge in [-0.2, -0.15) is 9.97 Å². The Morgan fingerprint density at radius 2 is 1.83 bits per heavy atom. The van der Waals surface area contributed by atoms with Gasteiger partial charge in [0.2, 0.25) is 23.6 Å². The van der Waals surface area contributed by atoms with Crippen molar-refractivity contribution in [2.45, 2.75) is 45.1 Å². The van der Waals surface area contributed by atoms with Gasteiger partial charge in [0, 0.05) is 6.04 Å². The number of hydrogen-bond acceptors (Lipinski definition) is 6. The summed E-state index contributed by atoms with van der Waals surface area (Å²) >= 11 is 0. The number of ether oxygens (including phenoxy) is 2. The van der Waals surface area contributed by atoms with Crippen molar-refractivity contribution in [2.75, 3.05) is 32.6 Å². The number of nitrogens with one attached hydrogen (secondary N) is 1. The Balaban J connectivity index is 1.97. The Hall–Kier alpha value is -1.89. The maximum Gasteiger partial charge on any atom is 0.240 e. The zero-order valence-corrected chi connectivity index (χ0v) is 14.2. The van der Waals surface area contributed by atoms with Crippen LogP contribution in [0.5, 0.6) is 11.8 Å². The largest absolute Gasteiger partial charge is 0.481 e. The number of rotatable bonds is 7. The van der Waals surface area contributed by atoms with Crippen molar-refractivity contribution >= 4 is 11.9 Å².